The summed E-state index contributed by atoms with van der Waals surface area (Å²) in [6, 6.07) is 8.66. The van der Waals surface area contributed by atoms with E-state index in [9.17, 15) is 4.39 Å². The van der Waals surface area contributed by atoms with E-state index in [1.54, 1.807) is 12.1 Å². The summed E-state index contributed by atoms with van der Waals surface area (Å²) in [5.41, 5.74) is 9.57. The summed E-state index contributed by atoms with van der Waals surface area (Å²) in [5.74, 6) is -0.258. The lowest BCUT2D eigenvalue weighted by molar-refractivity contribution is 0.593. The van der Waals surface area contributed by atoms with Gasteiger partial charge in [-0.05, 0) is 55.3 Å². The number of nitrogens with two attached hydrogens (primary N) is 1. The zero-order valence-corrected chi connectivity index (χ0v) is 15.1. The fraction of sp³-hybridized carbons (Fsp3) is 0.250. The highest BCUT2D eigenvalue weighted by molar-refractivity contribution is 9.10. The van der Waals surface area contributed by atoms with E-state index in [4.69, 9.17) is 5.73 Å². The van der Waals surface area contributed by atoms with E-state index in [1.165, 1.54) is 6.07 Å². The number of nitrogens with one attached hydrogen (secondary N) is 1. The molecule has 2 aromatic rings. The van der Waals surface area contributed by atoms with E-state index in [0.29, 0.717) is 12.1 Å². The second kappa shape index (κ2) is 6.90. The SMILES string of the molecule is Cc1cc(NC(CN)c2cc(Br)ccc2F)cc(C)c1Br. The van der Waals surface area contributed by atoms with Crippen molar-refractivity contribution in [2.24, 2.45) is 5.73 Å². The van der Waals surface area contributed by atoms with E-state index in [1.807, 2.05) is 26.0 Å². The van der Waals surface area contributed by atoms with Crippen LogP contribution < -0.4 is 11.1 Å². The Bertz CT molecular complexity index is 636. The molecule has 1 unspecified atom stereocenters. The number of halogens is 3. The summed E-state index contributed by atoms with van der Waals surface area (Å²) in [6.45, 7) is 4.36. The third kappa shape index (κ3) is 3.84. The van der Waals surface area contributed by atoms with Crippen LogP contribution in [0.2, 0.25) is 0 Å². The molecule has 2 rings (SSSR count). The van der Waals surface area contributed by atoms with Gasteiger partial charge in [-0.15, -0.1) is 0 Å². The van der Waals surface area contributed by atoms with Crippen LogP contribution in [0, 0.1) is 19.7 Å². The molecule has 0 fully saturated rings. The Morgan fingerprint density at radius 3 is 2.33 bits per heavy atom. The topological polar surface area (TPSA) is 38.0 Å². The van der Waals surface area contributed by atoms with Crippen LogP contribution in [-0.4, -0.2) is 6.54 Å². The zero-order chi connectivity index (χ0) is 15.6. The summed E-state index contributed by atoms with van der Waals surface area (Å²) in [7, 11) is 0. The number of hydrogen-bond donors (Lipinski definition) is 2. The molecule has 0 radical (unpaired) electrons. The minimum atomic E-state index is -0.275. The highest BCUT2D eigenvalue weighted by Crippen LogP contribution is 2.29. The highest BCUT2D eigenvalue weighted by Gasteiger charge is 2.15. The molecule has 3 N–H and O–H groups in total. The standard InChI is InChI=1S/C16H17Br2FN2/c1-9-5-12(6-10(2)16(9)18)21-15(8-20)13-7-11(17)3-4-14(13)19/h3-7,15,21H,8,20H2,1-2H3. The molecule has 21 heavy (non-hydrogen) atoms. The largest absolute Gasteiger partial charge is 0.377 e. The molecule has 5 heteroatoms. The van der Waals surface area contributed by atoms with Crippen LogP contribution in [0.1, 0.15) is 22.7 Å². The van der Waals surface area contributed by atoms with Crippen molar-refractivity contribution in [1.29, 1.82) is 0 Å². The number of anilines is 1. The Balaban J connectivity index is 2.33. The van der Waals surface area contributed by atoms with Crippen LogP contribution in [-0.2, 0) is 0 Å². The molecule has 0 bridgehead atoms. The summed E-state index contributed by atoms with van der Waals surface area (Å²) in [4.78, 5) is 0. The highest BCUT2D eigenvalue weighted by atomic mass is 79.9. The van der Waals surface area contributed by atoms with Crippen molar-refractivity contribution in [2.75, 3.05) is 11.9 Å². The van der Waals surface area contributed by atoms with Crippen molar-refractivity contribution < 1.29 is 4.39 Å². The maximum atomic E-state index is 14.0. The fourth-order valence-electron chi connectivity index (χ4n) is 2.28. The van der Waals surface area contributed by atoms with E-state index in [0.717, 1.165) is 25.8 Å². The Morgan fingerprint density at radius 2 is 1.76 bits per heavy atom. The van der Waals surface area contributed by atoms with E-state index >= 15 is 0 Å². The maximum Gasteiger partial charge on any atom is 0.128 e. The number of benzene rings is 2. The predicted molar refractivity (Wildman–Crippen MR) is 93.1 cm³/mol. The lowest BCUT2D eigenvalue weighted by atomic mass is 10.0. The molecule has 112 valence electrons. The molecular formula is C16H17Br2FN2. The van der Waals surface area contributed by atoms with Crippen LogP contribution in [0.5, 0.6) is 0 Å². The average Bonchev–Trinajstić information content (AvgIpc) is 2.45. The molecule has 2 aromatic carbocycles. The third-order valence-electron chi connectivity index (χ3n) is 3.35. The molecule has 0 aliphatic carbocycles. The number of aryl methyl sites for hydroxylation is 2. The van der Waals surface area contributed by atoms with Crippen LogP contribution in [0.15, 0.2) is 39.3 Å². The van der Waals surface area contributed by atoms with Gasteiger partial charge in [0.15, 0.2) is 0 Å². The van der Waals surface area contributed by atoms with Crippen molar-refractivity contribution >= 4 is 37.5 Å². The minimum absolute atomic E-state index is 0.258. The first-order valence-corrected chi connectivity index (χ1v) is 8.19. The molecule has 0 spiro atoms. The lowest BCUT2D eigenvalue weighted by Gasteiger charge is -2.20. The number of rotatable bonds is 4. The molecule has 0 aromatic heterocycles. The van der Waals surface area contributed by atoms with Crippen LogP contribution >= 0.6 is 31.9 Å². The molecule has 0 saturated carbocycles. The minimum Gasteiger partial charge on any atom is -0.377 e. The van der Waals surface area contributed by atoms with Crippen molar-refractivity contribution in [3.63, 3.8) is 0 Å². The van der Waals surface area contributed by atoms with Crippen LogP contribution in [0.4, 0.5) is 10.1 Å². The van der Waals surface area contributed by atoms with Gasteiger partial charge in [0.1, 0.15) is 5.82 Å². The Labute approximate surface area is 141 Å². The summed E-state index contributed by atoms with van der Waals surface area (Å²) in [6.07, 6.45) is 0. The molecule has 0 saturated heterocycles. The van der Waals surface area contributed by atoms with Gasteiger partial charge < -0.3 is 11.1 Å². The second-order valence-electron chi connectivity index (χ2n) is 5.02. The van der Waals surface area contributed by atoms with Gasteiger partial charge in [0, 0.05) is 26.7 Å². The molecular weight excluding hydrogens is 399 g/mol. The van der Waals surface area contributed by atoms with Crippen molar-refractivity contribution in [2.45, 2.75) is 19.9 Å². The van der Waals surface area contributed by atoms with Gasteiger partial charge in [0.25, 0.3) is 0 Å². The maximum absolute atomic E-state index is 14.0. The predicted octanol–water partition coefficient (Wildman–Crippen LogP) is 5.08. The lowest BCUT2D eigenvalue weighted by Crippen LogP contribution is -2.22. The zero-order valence-electron chi connectivity index (χ0n) is 11.9. The Morgan fingerprint density at radius 1 is 1.14 bits per heavy atom. The average molecular weight is 416 g/mol. The van der Waals surface area contributed by atoms with Crippen molar-refractivity contribution in [1.82, 2.24) is 0 Å². The van der Waals surface area contributed by atoms with Crippen molar-refractivity contribution in [3.05, 3.63) is 61.8 Å². The van der Waals surface area contributed by atoms with E-state index in [2.05, 4.69) is 37.2 Å². The summed E-state index contributed by atoms with van der Waals surface area (Å²) < 4.78 is 15.9. The summed E-state index contributed by atoms with van der Waals surface area (Å²) >= 11 is 6.91. The van der Waals surface area contributed by atoms with E-state index in [-0.39, 0.29) is 11.9 Å². The Hall–Kier alpha value is -0.910. The second-order valence-corrected chi connectivity index (χ2v) is 6.73. The molecule has 0 aliphatic heterocycles. The van der Waals surface area contributed by atoms with Gasteiger partial charge in [0.05, 0.1) is 6.04 Å². The van der Waals surface area contributed by atoms with Gasteiger partial charge in [0.2, 0.25) is 0 Å². The van der Waals surface area contributed by atoms with Gasteiger partial charge in [-0.1, -0.05) is 31.9 Å². The van der Waals surface area contributed by atoms with Gasteiger partial charge in [-0.2, -0.15) is 0 Å². The Kier molecular flexibility index (Phi) is 5.41. The van der Waals surface area contributed by atoms with Crippen LogP contribution in [0.3, 0.4) is 0 Å². The third-order valence-corrected chi connectivity index (χ3v) is 5.09. The first kappa shape index (κ1) is 16.5. The quantitative estimate of drug-likeness (QED) is 0.730. The molecule has 0 heterocycles. The first-order valence-electron chi connectivity index (χ1n) is 6.60. The summed E-state index contributed by atoms with van der Waals surface area (Å²) in [5, 5.41) is 3.32. The molecule has 0 aliphatic rings. The van der Waals surface area contributed by atoms with Gasteiger partial charge in [-0.25, -0.2) is 4.39 Å². The fourth-order valence-corrected chi connectivity index (χ4v) is 2.88. The molecule has 0 amide bonds. The normalized spacial score (nSPS) is 12.3. The first-order chi connectivity index (χ1) is 9.92. The molecule has 1 atom stereocenters. The van der Waals surface area contributed by atoms with Gasteiger partial charge in [-0.3, -0.25) is 0 Å². The number of hydrogen-bond acceptors (Lipinski definition) is 2. The van der Waals surface area contributed by atoms with Crippen LogP contribution in [0.25, 0.3) is 0 Å². The smallest absolute Gasteiger partial charge is 0.128 e. The van der Waals surface area contributed by atoms with E-state index < -0.39 is 0 Å². The monoisotopic (exact) mass is 414 g/mol. The molecule has 2 nitrogen and oxygen atoms in total. The van der Waals surface area contributed by atoms with Gasteiger partial charge >= 0.3 is 0 Å². The van der Waals surface area contributed by atoms with Crippen molar-refractivity contribution in [3.8, 4) is 0 Å².